The molecule has 2 atom stereocenters. The van der Waals surface area contributed by atoms with Gasteiger partial charge in [0.15, 0.2) is 5.41 Å². The summed E-state index contributed by atoms with van der Waals surface area (Å²) in [6.45, 7) is 1.71. The zero-order chi connectivity index (χ0) is 17.0. The third-order valence-corrected chi connectivity index (χ3v) is 4.06. The van der Waals surface area contributed by atoms with E-state index in [4.69, 9.17) is 14.2 Å². The van der Waals surface area contributed by atoms with E-state index in [1.165, 1.54) is 7.11 Å². The lowest BCUT2D eigenvalue weighted by Crippen LogP contribution is -2.38. The number of nitrogens with zero attached hydrogens (tertiary/aromatic N) is 3. The molecule has 23 heavy (non-hydrogen) atoms. The number of allylic oxidation sites excluding steroid dienone is 1. The lowest BCUT2D eigenvalue weighted by Gasteiger charge is -2.37. The second kappa shape index (κ2) is 6.30. The van der Waals surface area contributed by atoms with Gasteiger partial charge in [0, 0.05) is 5.92 Å². The highest BCUT2D eigenvalue weighted by atomic mass is 16.7. The molecule has 0 aromatic heterocycles. The molecule has 1 aliphatic heterocycles. The number of rotatable bonds is 3. The summed E-state index contributed by atoms with van der Waals surface area (Å²) >= 11 is 0. The Morgan fingerprint density at radius 2 is 1.65 bits per heavy atom. The van der Waals surface area contributed by atoms with Crippen LogP contribution in [0.4, 0.5) is 0 Å². The maximum atomic E-state index is 9.58. The van der Waals surface area contributed by atoms with Crippen LogP contribution in [-0.2, 0) is 9.47 Å². The topological polar surface area (TPSA) is 99.1 Å². The summed E-state index contributed by atoms with van der Waals surface area (Å²) in [7, 11) is 2.91. The predicted molar refractivity (Wildman–Crippen MR) is 79.3 cm³/mol. The molecule has 6 heteroatoms. The Morgan fingerprint density at radius 3 is 2.09 bits per heavy atom. The second-order valence-electron chi connectivity index (χ2n) is 5.11. The van der Waals surface area contributed by atoms with E-state index in [1.54, 1.807) is 38.3 Å². The van der Waals surface area contributed by atoms with Crippen molar-refractivity contribution in [1.82, 2.24) is 0 Å². The van der Waals surface area contributed by atoms with Gasteiger partial charge in [0.05, 0.1) is 26.4 Å². The van der Waals surface area contributed by atoms with Gasteiger partial charge in [0.1, 0.15) is 23.5 Å². The minimum atomic E-state index is -1.62. The van der Waals surface area contributed by atoms with Crippen LogP contribution in [0.5, 0.6) is 5.75 Å². The van der Waals surface area contributed by atoms with E-state index in [0.29, 0.717) is 5.75 Å². The third kappa shape index (κ3) is 2.43. The number of hydrogen-bond acceptors (Lipinski definition) is 6. The zero-order valence-corrected chi connectivity index (χ0v) is 13.0. The van der Waals surface area contributed by atoms with Crippen LogP contribution in [0, 0.1) is 45.3 Å². The van der Waals surface area contributed by atoms with Gasteiger partial charge in [0.2, 0.25) is 0 Å². The van der Waals surface area contributed by atoms with Crippen molar-refractivity contribution in [1.29, 1.82) is 15.8 Å². The van der Waals surface area contributed by atoms with E-state index in [-0.39, 0.29) is 11.5 Å². The molecule has 0 aliphatic carbocycles. The molecular weight excluding hydrogens is 294 g/mol. The zero-order valence-electron chi connectivity index (χ0n) is 13.0. The molecule has 0 saturated heterocycles. The van der Waals surface area contributed by atoms with Gasteiger partial charge >= 0.3 is 0 Å². The predicted octanol–water partition coefficient (Wildman–Crippen LogP) is 2.82. The van der Waals surface area contributed by atoms with Crippen LogP contribution in [0.1, 0.15) is 18.6 Å². The van der Waals surface area contributed by atoms with Gasteiger partial charge in [-0.2, -0.15) is 15.8 Å². The standard InChI is InChI=1S/C17H15N3O3/c1-11-15(12-4-6-13(21-2)7-5-12)23-16(22-3)14(8-18)17(11,9-19)10-20/h4-7,11,15H,1-3H3/t11-,15+/m0/s1. The number of nitriles is 3. The molecule has 0 spiro atoms. The van der Waals surface area contributed by atoms with Crippen molar-refractivity contribution in [3.8, 4) is 24.0 Å². The fourth-order valence-corrected chi connectivity index (χ4v) is 2.67. The Morgan fingerprint density at radius 1 is 1.04 bits per heavy atom. The van der Waals surface area contributed by atoms with Crippen molar-refractivity contribution in [2.24, 2.45) is 11.3 Å². The highest BCUT2D eigenvalue weighted by Crippen LogP contribution is 2.49. The molecule has 1 aliphatic rings. The summed E-state index contributed by atoms with van der Waals surface area (Å²) in [6.07, 6.45) is -0.591. The molecule has 0 amide bonds. The molecule has 0 fully saturated rings. The third-order valence-electron chi connectivity index (χ3n) is 4.06. The average Bonchev–Trinajstić information content (AvgIpc) is 2.61. The fraction of sp³-hybridized carbons (Fsp3) is 0.353. The Kier molecular flexibility index (Phi) is 4.44. The molecule has 1 heterocycles. The van der Waals surface area contributed by atoms with Crippen LogP contribution in [0.15, 0.2) is 35.8 Å². The molecular formula is C17H15N3O3. The minimum Gasteiger partial charge on any atom is -0.497 e. The summed E-state index contributed by atoms with van der Waals surface area (Å²) in [5.74, 6) is 0.0400. The molecule has 0 radical (unpaired) electrons. The molecule has 1 aromatic rings. The lowest BCUT2D eigenvalue weighted by atomic mass is 9.68. The molecule has 0 unspecified atom stereocenters. The minimum absolute atomic E-state index is 0.0884. The van der Waals surface area contributed by atoms with E-state index >= 15 is 0 Å². The van der Waals surface area contributed by atoms with Crippen LogP contribution >= 0.6 is 0 Å². The van der Waals surface area contributed by atoms with Gasteiger partial charge in [-0.3, -0.25) is 0 Å². The number of hydrogen-bond donors (Lipinski definition) is 0. The van der Waals surface area contributed by atoms with E-state index in [0.717, 1.165) is 5.56 Å². The van der Waals surface area contributed by atoms with Crippen LogP contribution in [0.2, 0.25) is 0 Å². The van der Waals surface area contributed by atoms with Crippen molar-refractivity contribution < 1.29 is 14.2 Å². The first-order valence-corrected chi connectivity index (χ1v) is 6.89. The highest BCUT2D eigenvalue weighted by molar-refractivity contribution is 5.46. The van der Waals surface area contributed by atoms with E-state index < -0.39 is 17.4 Å². The molecule has 0 saturated carbocycles. The van der Waals surface area contributed by atoms with E-state index in [2.05, 4.69) is 0 Å². The quantitative estimate of drug-likeness (QED) is 0.851. The first-order valence-electron chi connectivity index (χ1n) is 6.89. The molecule has 1 aromatic carbocycles. The number of methoxy groups -OCH3 is 2. The van der Waals surface area contributed by atoms with Crippen molar-refractivity contribution >= 4 is 0 Å². The maximum absolute atomic E-state index is 9.58. The van der Waals surface area contributed by atoms with Crippen LogP contribution in [-0.4, -0.2) is 14.2 Å². The SMILES string of the molecule is COC1=C(C#N)C(C#N)(C#N)[C@@H](C)[C@H](c2ccc(OC)cc2)O1. The summed E-state index contributed by atoms with van der Waals surface area (Å²) in [4.78, 5) is 0. The lowest BCUT2D eigenvalue weighted by molar-refractivity contribution is -0.0519. The van der Waals surface area contributed by atoms with Gasteiger partial charge in [-0.1, -0.05) is 19.1 Å². The Hall–Kier alpha value is -3.17. The van der Waals surface area contributed by atoms with Crippen molar-refractivity contribution in [2.75, 3.05) is 14.2 Å². The average molecular weight is 309 g/mol. The summed E-state index contributed by atoms with van der Waals surface area (Å²) in [5, 5.41) is 28.5. The monoisotopic (exact) mass is 309 g/mol. The van der Waals surface area contributed by atoms with Gasteiger partial charge in [-0.25, -0.2) is 0 Å². The molecule has 0 bridgehead atoms. The van der Waals surface area contributed by atoms with Gasteiger partial charge < -0.3 is 14.2 Å². The van der Waals surface area contributed by atoms with Gasteiger partial charge in [-0.05, 0) is 17.7 Å². The van der Waals surface area contributed by atoms with Gasteiger partial charge in [0.25, 0.3) is 5.95 Å². The summed E-state index contributed by atoms with van der Waals surface area (Å²) in [5.41, 5.74) is -0.954. The number of ether oxygens (including phenoxy) is 3. The van der Waals surface area contributed by atoms with Crippen molar-refractivity contribution in [3.63, 3.8) is 0 Å². The Bertz CT molecular complexity index is 733. The Balaban J connectivity index is 2.57. The van der Waals surface area contributed by atoms with Crippen LogP contribution < -0.4 is 4.74 Å². The van der Waals surface area contributed by atoms with E-state index in [1.807, 2.05) is 18.2 Å². The Labute approximate surface area is 134 Å². The maximum Gasteiger partial charge on any atom is 0.296 e. The highest BCUT2D eigenvalue weighted by Gasteiger charge is 2.52. The second-order valence-corrected chi connectivity index (χ2v) is 5.11. The van der Waals surface area contributed by atoms with E-state index in [9.17, 15) is 15.8 Å². The summed E-state index contributed by atoms with van der Waals surface area (Å²) < 4.78 is 16.0. The fourth-order valence-electron chi connectivity index (χ4n) is 2.67. The smallest absolute Gasteiger partial charge is 0.296 e. The van der Waals surface area contributed by atoms with Crippen LogP contribution in [0.25, 0.3) is 0 Å². The molecule has 2 rings (SSSR count). The molecule has 116 valence electrons. The van der Waals surface area contributed by atoms with Gasteiger partial charge in [-0.15, -0.1) is 0 Å². The molecule has 0 N–H and O–H groups in total. The van der Waals surface area contributed by atoms with Crippen LogP contribution in [0.3, 0.4) is 0 Å². The summed E-state index contributed by atoms with van der Waals surface area (Å²) in [6, 6.07) is 13.0. The first-order chi connectivity index (χ1) is 11.1. The first kappa shape index (κ1) is 16.2. The normalized spacial score (nSPS) is 22.1. The van der Waals surface area contributed by atoms with Crippen molar-refractivity contribution in [3.05, 3.63) is 41.3 Å². The number of benzene rings is 1. The molecule has 6 nitrogen and oxygen atoms in total. The largest absolute Gasteiger partial charge is 0.497 e. The van der Waals surface area contributed by atoms with Crippen molar-refractivity contribution in [2.45, 2.75) is 13.0 Å².